The summed E-state index contributed by atoms with van der Waals surface area (Å²) in [5.41, 5.74) is 0.753. The summed E-state index contributed by atoms with van der Waals surface area (Å²) in [4.78, 5) is 25.5. The molecule has 1 amide bonds. The lowest BCUT2D eigenvalue weighted by Crippen LogP contribution is -2.49. The summed E-state index contributed by atoms with van der Waals surface area (Å²) in [6, 6.07) is 3.86. The summed E-state index contributed by atoms with van der Waals surface area (Å²) in [6.07, 6.45) is 7.16. The molecule has 1 N–H and O–H groups in total. The molecule has 202 valence electrons. The van der Waals surface area contributed by atoms with Crippen LogP contribution in [0, 0.1) is 0 Å². The number of nitrogens with one attached hydrogen (secondary N) is 1. The van der Waals surface area contributed by atoms with Crippen LogP contribution < -0.4 is 15.1 Å². The average Bonchev–Trinajstić information content (AvgIpc) is 3.61. The Kier molecular flexibility index (Phi) is 7.39. The topological polar surface area (TPSA) is 135 Å². The molecule has 38 heavy (non-hydrogen) atoms. The van der Waals surface area contributed by atoms with Crippen molar-refractivity contribution >= 4 is 17.7 Å². The first-order valence-electron chi connectivity index (χ1n) is 13.2. The van der Waals surface area contributed by atoms with Gasteiger partial charge in [0.15, 0.2) is 5.82 Å². The molecule has 0 radical (unpaired) electrons. The van der Waals surface area contributed by atoms with E-state index in [-0.39, 0.29) is 12.0 Å². The first-order valence-corrected chi connectivity index (χ1v) is 13.2. The molecule has 0 saturated carbocycles. The number of piperidine rings is 1. The van der Waals surface area contributed by atoms with Gasteiger partial charge in [-0.1, -0.05) is 0 Å². The number of rotatable bonds is 6. The van der Waals surface area contributed by atoms with Crippen molar-refractivity contribution in [2.24, 2.45) is 0 Å². The second-order valence-electron chi connectivity index (χ2n) is 10.9. The molecule has 2 atom stereocenters. The first-order chi connectivity index (χ1) is 18.2. The number of aromatic nitrogens is 6. The minimum Gasteiger partial charge on any atom is -0.444 e. The highest BCUT2D eigenvalue weighted by atomic mass is 16.6. The number of amides is 1. The fourth-order valence-electron chi connectivity index (χ4n) is 4.71. The summed E-state index contributed by atoms with van der Waals surface area (Å²) < 4.78 is 11.4. The standard InChI is InChI=1S/C26H35N9O3/c1-17(23-32-33-24(37-23)20-14-27-15-22(29-20)34-11-5-6-12-34)19-9-10-21(31-30-19)35-13-7-8-18(16-35)28-25(36)38-26(2,3)4/h9-10,14-15,17-18H,5-8,11-13,16H2,1-4H3,(H,28,36)/t17?,18-/m1/s1. The smallest absolute Gasteiger partial charge is 0.407 e. The first kappa shape index (κ1) is 25.8. The van der Waals surface area contributed by atoms with Crippen LogP contribution in [0.25, 0.3) is 11.6 Å². The molecule has 12 nitrogen and oxygen atoms in total. The van der Waals surface area contributed by atoms with Crippen molar-refractivity contribution in [1.82, 2.24) is 35.7 Å². The van der Waals surface area contributed by atoms with Crippen LogP contribution in [0.15, 0.2) is 28.9 Å². The summed E-state index contributed by atoms with van der Waals surface area (Å²) >= 11 is 0. The van der Waals surface area contributed by atoms with E-state index in [2.05, 4.69) is 45.5 Å². The number of hydrogen-bond acceptors (Lipinski definition) is 11. The van der Waals surface area contributed by atoms with Gasteiger partial charge in [0.2, 0.25) is 5.89 Å². The highest BCUT2D eigenvalue weighted by molar-refractivity contribution is 5.68. The predicted octanol–water partition coefficient (Wildman–Crippen LogP) is 3.56. The normalized spacial score (nSPS) is 18.9. The van der Waals surface area contributed by atoms with E-state index in [9.17, 15) is 4.79 Å². The molecule has 0 aromatic carbocycles. The lowest BCUT2D eigenvalue weighted by Gasteiger charge is -2.34. The van der Waals surface area contributed by atoms with E-state index in [1.165, 1.54) is 0 Å². The van der Waals surface area contributed by atoms with Crippen molar-refractivity contribution in [1.29, 1.82) is 0 Å². The molecular formula is C26H35N9O3. The minimum atomic E-state index is -0.527. The van der Waals surface area contributed by atoms with Gasteiger partial charge >= 0.3 is 6.09 Å². The third-order valence-electron chi connectivity index (χ3n) is 6.66. The van der Waals surface area contributed by atoms with E-state index in [0.29, 0.717) is 24.0 Å². The van der Waals surface area contributed by atoms with E-state index < -0.39 is 11.7 Å². The number of alkyl carbamates (subject to hydrolysis) is 1. The van der Waals surface area contributed by atoms with Crippen molar-refractivity contribution in [3.8, 4) is 11.6 Å². The van der Waals surface area contributed by atoms with Crippen molar-refractivity contribution in [2.75, 3.05) is 36.0 Å². The van der Waals surface area contributed by atoms with Crippen LogP contribution in [-0.2, 0) is 4.74 Å². The third kappa shape index (κ3) is 6.17. The fourth-order valence-corrected chi connectivity index (χ4v) is 4.71. The Labute approximate surface area is 222 Å². The van der Waals surface area contributed by atoms with Gasteiger partial charge in [0.05, 0.1) is 24.0 Å². The van der Waals surface area contributed by atoms with Crippen LogP contribution >= 0.6 is 0 Å². The molecule has 1 unspecified atom stereocenters. The van der Waals surface area contributed by atoms with Crippen molar-refractivity contribution in [3.05, 3.63) is 36.1 Å². The molecule has 2 aliphatic rings. The lowest BCUT2D eigenvalue weighted by atomic mass is 10.1. The maximum atomic E-state index is 12.2. The maximum Gasteiger partial charge on any atom is 0.407 e. The van der Waals surface area contributed by atoms with E-state index >= 15 is 0 Å². The fraction of sp³-hybridized carbons (Fsp3) is 0.577. The van der Waals surface area contributed by atoms with Gasteiger partial charge in [0.1, 0.15) is 17.1 Å². The van der Waals surface area contributed by atoms with Crippen LogP contribution in [0.5, 0.6) is 0 Å². The molecule has 3 aromatic heterocycles. The number of ether oxygens (including phenoxy) is 1. The Morgan fingerprint density at radius 2 is 1.82 bits per heavy atom. The van der Waals surface area contributed by atoms with Crippen LogP contribution in [0.2, 0.25) is 0 Å². The summed E-state index contributed by atoms with van der Waals surface area (Å²) in [5.74, 6) is 2.12. The zero-order valence-corrected chi connectivity index (χ0v) is 22.4. The number of nitrogens with zero attached hydrogens (tertiary/aromatic N) is 8. The Balaban J connectivity index is 1.22. The molecule has 2 saturated heterocycles. The van der Waals surface area contributed by atoms with Crippen LogP contribution in [0.4, 0.5) is 16.4 Å². The van der Waals surface area contributed by atoms with Gasteiger partial charge < -0.3 is 24.3 Å². The maximum absolute atomic E-state index is 12.2. The quantitative estimate of drug-likeness (QED) is 0.510. The molecule has 5 heterocycles. The van der Waals surface area contributed by atoms with Gasteiger partial charge in [-0.15, -0.1) is 15.3 Å². The molecule has 2 fully saturated rings. The highest BCUT2D eigenvalue weighted by Gasteiger charge is 2.26. The molecule has 0 spiro atoms. The summed E-state index contributed by atoms with van der Waals surface area (Å²) in [7, 11) is 0. The molecule has 2 aliphatic heterocycles. The van der Waals surface area contributed by atoms with Crippen molar-refractivity contribution in [3.63, 3.8) is 0 Å². The van der Waals surface area contributed by atoms with E-state index in [1.54, 1.807) is 12.4 Å². The van der Waals surface area contributed by atoms with Gasteiger partial charge in [-0.25, -0.2) is 9.78 Å². The minimum absolute atomic E-state index is 0.0112. The monoisotopic (exact) mass is 521 g/mol. The van der Waals surface area contributed by atoms with Crippen LogP contribution in [-0.4, -0.2) is 74.3 Å². The zero-order chi connectivity index (χ0) is 26.7. The SMILES string of the molecule is CC(c1ccc(N2CCC[C@@H](NC(=O)OC(C)(C)C)C2)nn1)c1nnc(-c2cncc(N3CCCC3)n2)o1. The second-order valence-corrected chi connectivity index (χ2v) is 10.9. The Hall–Kier alpha value is -3.83. The van der Waals surface area contributed by atoms with Gasteiger partial charge in [-0.3, -0.25) is 4.98 Å². The van der Waals surface area contributed by atoms with Crippen LogP contribution in [0.3, 0.4) is 0 Å². The summed E-state index contributed by atoms with van der Waals surface area (Å²) in [6.45, 7) is 11.0. The Morgan fingerprint density at radius 1 is 1.03 bits per heavy atom. The lowest BCUT2D eigenvalue weighted by molar-refractivity contribution is 0.0500. The van der Waals surface area contributed by atoms with Crippen LogP contribution in [0.1, 0.15) is 70.9 Å². The molecule has 5 rings (SSSR count). The molecular weight excluding hydrogens is 486 g/mol. The Bertz CT molecular complexity index is 1240. The number of carbonyl (C=O) groups is 1. The predicted molar refractivity (Wildman–Crippen MR) is 141 cm³/mol. The largest absolute Gasteiger partial charge is 0.444 e. The molecule has 12 heteroatoms. The summed E-state index contributed by atoms with van der Waals surface area (Å²) in [5, 5.41) is 20.3. The van der Waals surface area contributed by atoms with Gasteiger partial charge in [-0.2, -0.15) is 5.10 Å². The van der Waals surface area contributed by atoms with E-state index in [1.807, 2.05) is 39.8 Å². The second kappa shape index (κ2) is 10.9. The Morgan fingerprint density at radius 3 is 2.55 bits per heavy atom. The van der Waals surface area contributed by atoms with E-state index in [4.69, 9.17) is 9.15 Å². The molecule has 0 bridgehead atoms. The van der Waals surface area contributed by atoms with Crippen molar-refractivity contribution < 1.29 is 13.9 Å². The van der Waals surface area contributed by atoms with Gasteiger partial charge in [0.25, 0.3) is 5.89 Å². The average molecular weight is 522 g/mol. The van der Waals surface area contributed by atoms with Crippen molar-refractivity contribution in [2.45, 2.75) is 70.9 Å². The number of hydrogen-bond donors (Lipinski definition) is 1. The number of anilines is 2. The molecule has 3 aromatic rings. The van der Waals surface area contributed by atoms with Gasteiger partial charge in [-0.05, 0) is 65.5 Å². The number of carbonyl (C=O) groups excluding carboxylic acids is 1. The van der Waals surface area contributed by atoms with E-state index in [0.717, 1.165) is 62.6 Å². The highest BCUT2D eigenvalue weighted by Crippen LogP contribution is 2.27. The third-order valence-corrected chi connectivity index (χ3v) is 6.66. The zero-order valence-electron chi connectivity index (χ0n) is 22.4. The van der Waals surface area contributed by atoms with Gasteiger partial charge in [0, 0.05) is 32.2 Å². The molecule has 0 aliphatic carbocycles.